The molecule has 6 heteroatoms. The fraction of sp³-hybridized carbons (Fsp3) is 0.733. The number of fused-ring (bicyclic) bond motifs is 12. The number of pyridine rings is 1. The molecule has 0 unspecified atom stereocenters. The van der Waals surface area contributed by atoms with E-state index in [1.165, 1.54) is 81.4 Å². The molecule has 192 valence electrons. The summed E-state index contributed by atoms with van der Waals surface area (Å²) < 4.78 is 2.17. The molecule has 1 aromatic heterocycles. The number of hydrogen-bond donors (Lipinski definition) is 0. The van der Waals surface area contributed by atoms with Gasteiger partial charge in [-0.25, -0.2) is 0 Å². The summed E-state index contributed by atoms with van der Waals surface area (Å²) in [7, 11) is 0. The van der Waals surface area contributed by atoms with Gasteiger partial charge in [0.2, 0.25) is 5.91 Å². The van der Waals surface area contributed by atoms with E-state index in [0.29, 0.717) is 42.2 Å². The number of hydrogen-bond acceptors (Lipinski definition) is 4. The summed E-state index contributed by atoms with van der Waals surface area (Å²) in [6.45, 7) is 6.38. The molecule has 7 aliphatic heterocycles. The molecule has 6 nitrogen and oxygen atoms in total. The minimum Gasteiger partial charge on any atom is -0.315 e. The minimum absolute atomic E-state index is 0.219. The Kier molecular flexibility index (Phi) is 5.09. The minimum atomic E-state index is 0.219. The van der Waals surface area contributed by atoms with Gasteiger partial charge in [-0.3, -0.25) is 19.4 Å². The highest BCUT2D eigenvalue weighted by Gasteiger charge is 2.48. The maximum atomic E-state index is 14.2. The molecule has 8 rings (SSSR count). The van der Waals surface area contributed by atoms with E-state index in [1.54, 1.807) is 0 Å². The zero-order chi connectivity index (χ0) is 24.0. The molecule has 36 heavy (non-hydrogen) atoms. The van der Waals surface area contributed by atoms with Crippen LogP contribution < -0.4 is 5.56 Å². The van der Waals surface area contributed by atoms with Crippen LogP contribution in [0, 0.1) is 17.8 Å². The summed E-state index contributed by atoms with van der Waals surface area (Å²) in [5, 5.41) is 0. The van der Waals surface area contributed by atoms with Crippen LogP contribution in [0.15, 0.2) is 22.6 Å². The van der Waals surface area contributed by atoms with Crippen LogP contribution in [0.4, 0.5) is 0 Å². The predicted octanol–water partition coefficient (Wildman–Crippen LogP) is 3.66. The Hall–Kier alpha value is -1.92. The van der Waals surface area contributed by atoms with Crippen molar-refractivity contribution >= 4 is 11.5 Å². The average molecular weight is 489 g/mol. The van der Waals surface area contributed by atoms with Crippen molar-refractivity contribution in [2.24, 2.45) is 17.8 Å². The van der Waals surface area contributed by atoms with Crippen LogP contribution >= 0.6 is 0 Å². The summed E-state index contributed by atoms with van der Waals surface area (Å²) in [5.74, 6) is 2.38. The first kappa shape index (κ1) is 22.1. The van der Waals surface area contributed by atoms with Crippen molar-refractivity contribution in [3.63, 3.8) is 0 Å². The lowest BCUT2D eigenvalue weighted by Crippen LogP contribution is -2.59. The van der Waals surface area contributed by atoms with E-state index in [4.69, 9.17) is 0 Å². The summed E-state index contributed by atoms with van der Waals surface area (Å²) in [5.41, 5.74) is 4.79. The van der Waals surface area contributed by atoms with Crippen LogP contribution in [0.3, 0.4) is 0 Å². The number of amides is 1. The first-order chi connectivity index (χ1) is 17.7. The number of carbonyl (C=O) groups is 1. The second-order valence-electron chi connectivity index (χ2n) is 13.0. The van der Waals surface area contributed by atoms with Crippen molar-refractivity contribution in [1.82, 2.24) is 19.3 Å². The molecular formula is C30H40N4O2. The number of rotatable bonds is 1. The lowest BCUT2D eigenvalue weighted by molar-refractivity contribution is -0.134. The van der Waals surface area contributed by atoms with Crippen LogP contribution in [0.1, 0.15) is 81.4 Å². The van der Waals surface area contributed by atoms with Gasteiger partial charge in [-0.2, -0.15) is 0 Å². The molecule has 1 aromatic rings. The van der Waals surface area contributed by atoms with E-state index < -0.39 is 0 Å². The van der Waals surface area contributed by atoms with E-state index in [1.807, 2.05) is 0 Å². The van der Waals surface area contributed by atoms with Crippen LogP contribution in [0.5, 0.6) is 0 Å². The first-order valence-corrected chi connectivity index (χ1v) is 14.9. The zero-order valence-corrected chi connectivity index (χ0v) is 21.5. The lowest BCUT2D eigenvalue weighted by Gasteiger charge is -2.54. The third-order valence-corrected chi connectivity index (χ3v) is 11.2. The van der Waals surface area contributed by atoms with Crippen LogP contribution in [-0.2, 0) is 11.3 Å². The van der Waals surface area contributed by atoms with Gasteiger partial charge < -0.3 is 9.47 Å². The fourth-order valence-corrected chi connectivity index (χ4v) is 9.69. The van der Waals surface area contributed by atoms with Gasteiger partial charge in [0.05, 0.1) is 0 Å². The topological polar surface area (TPSA) is 48.8 Å². The van der Waals surface area contributed by atoms with E-state index in [0.717, 1.165) is 38.2 Å². The Morgan fingerprint density at radius 3 is 2.19 bits per heavy atom. The average Bonchev–Trinajstić information content (AvgIpc) is 2.90. The Labute approximate surface area is 214 Å². The Morgan fingerprint density at radius 2 is 1.42 bits per heavy atom. The molecule has 0 spiro atoms. The van der Waals surface area contributed by atoms with E-state index >= 15 is 0 Å². The molecular weight excluding hydrogens is 448 g/mol. The normalized spacial score (nSPS) is 38.2. The van der Waals surface area contributed by atoms with Gasteiger partial charge in [0.1, 0.15) is 0 Å². The summed E-state index contributed by atoms with van der Waals surface area (Å²) >= 11 is 0. The molecule has 7 aliphatic rings. The van der Waals surface area contributed by atoms with Crippen LogP contribution in [0.25, 0.3) is 5.57 Å². The number of allylic oxidation sites excluding steroid dienone is 1. The highest BCUT2D eigenvalue weighted by molar-refractivity contribution is 5.87. The van der Waals surface area contributed by atoms with Crippen LogP contribution in [-0.4, -0.2) is 70.0 Å². The quantitative estimate of drug-likeness (QED) is 0.606. The highest BCUT2D eigenvalue weighted by Crippen LogP contribution is 2.47. The molecule has 1 amide bonds. The molecule has 0 aliphatic carbocycles. The van der Waals surface area contributed by atoms with Gasteiger partial charge in [0, 0.05) is 73.5 Å². The van der Waals surface area contributed by atoms with Gasteiger partial charge in [-0.15, -0.1) is 0 Å². The maximum absolute atomic E-state index is 14.2. The van der Waals surface area contributed by atoms with Gasteiger partial charge in [0.25, 0.3) is 5.56 Å². The SMILES string of the molecule is O=C1CCC(c2ccc3n(c2=O)C[C@H]2C[C@@H]3CN3CCCC[C@H]23)=C2[C@H]3C[C@@H](CN12)[C@H]1CCCCN1C3. The second-order valence-corrected chi connectivity index (χ2v) is 13.0. The lowest BCUT2D eigenvalue weighted by atomic mass is 9.72. The van der Waals surface area contributed by atoms with Gasteiger partial charge in [-0.05, 0) is 87.6 Å². The second kappa shape index (κ2) is 8.29. The van der Waals surface area contributed by atoms with Crippen molar-refractivity contribution < 1.29 is 4.79 Å². The number of piperidine rings is 5. The molecule has 0 saturated carbocycles. The van der Waals surface area contributed by atoms with Crippen LogP contribution in [0.2, 0.25) is 0 Å². The van der Waals surface area contributed by atoms with Crippen molar-refractivity contribution in [3.8, 4) is 0 Å². The van der Waals surface area contributed by atoms with E-state index in [2.05, 4.69) is 31.4 Å². The zero-order valence-electron chi connectivity index (χ0n) is 21.5. The molecule has 5 saturated heterocycles. The summed E-state index contributed by atoms with van der Waals surface area (Å²) in [6, 6.07) is 5.75. The van der Waals surface area contributed by atoms with Crippen molar-refractivity contribution in [1.29, 1.82) is 0 Å². The molecule has 0 N–H and O–H groups in total. The van der Waals surface area contributed by atoms with Gasteiger partial charge in [-0.1, -0.05) is 12.8 Å². The van der Waals surface area contributed by atoms with Crippen molar-refractivity contribution in [2.45, 2.75) is 88.8 Å². The monoisotopic (exact) mass is 488 g/mol. The Bertz CT molecular complexity index is 1190. The smallest absolute Gasteiger partial charge is 0.258 e. The van der Waals surface area contributed by atoms with Crippen molar-refractivity contribution in [2.75, 3.05) is 32.7 Å². The van der Waals surface area contributed by atoms with Gasteiger partial charge >= 0.3 is 0 Å². The maximum Gasteiger partial charge on any atom is 0.258 e. The van der Waals surface area contributed by atoms with E-state index in [9.17, 15) is 9.59 Å². The molecule has 0 aromatic carbocycles. The molecule has 8 heterocycles. The molecule has 6 atom stereocenters. The standard InChI is InChI=1S/C30H40N4O2/c35-28-10-8-23(29-22-14-21(18-34(28)29)26-6-2-4-12-32(26)16-22)24-7-9-27-19-13-20(17-33(27)30(24)36)25-5-1-3-11-31(25)15-19/h7,9,19-22,25-26H,1-6,8,10-18H2/t19-,20-,21+,22+,25-,26-/m1/s1. The number of nitrogens with zero attached hydrogens (tertiary/aromatic N) is 4. The predicted molar refractivity (Wildman–Crippen MR) is 139 cm³/mol. The third kappa shape index (κ3) is 3.22. The van der Waals surface area contributed by atoms with E-state index in [-0.39, 0.29) is 11.5 Å². The number of carbonyl (C=O) groups excluding carboxylic acids is 1. The van der Waals surface area contributed by atoms with Crippen molar-refractivity contribution in [3.05, 3.63) is 39.4 Å². The largest absolute Gasteiger partial charge is 0.315 e. The molecule has 5 fully saturated rings. The summed E-state index contributed by atoms with van der Waals surface area (Å²) in [6.07, 6.45) is 11.6. The third-order valence-electron chi connectivity index (χ3n) is 11.2. The van der Waals surface area contributed by atoms with Gasteiger partial charge in [0.15, 0.2) is 0 Å². The Balaban J connectivity index is 1.19. The molecule has 0 radical (unpaired) electrons. The Morgan fingerprint density at radius 1 is 0.722 bits per heavy atom. The first-order valence-electron chi connectivity index (χ1n) is 14.9. The number of aromatic nitrogens is 1. The fourth-order valence-electron chi connectivity index (χ4n) is 9.69. The summed E-state index contributed by atoms with van der Waals surface area (Å²) in [4.78, 5) is 34.9. The molecule has 4 bridgehead atoms. The highest BCUT2D eigenvalue weighted by atomic mass is 16.2.